The molecule has 2 heteroatoms. The van der Waals surface area contributed by atoms with Crippen LogP contribution in [0.3, 0.4) is 0 Å². The summed E-state index contributed by atoms with van der Waals surface area (Å²) in [6.07, 6.45) is 10.9. The standard InChI is InChI=1S/C24H28FN/c1-2-3-16-4-5-18-13-19(7-6-17(18)12-16)20-10-11-23-21(14-20)8-9-22(15-26)24(23)25/h8-11,14,16-19H,2-7,12-13H2,1H3. The van der Waals surface area contributed by atoms with Crippen LogP contribution in [0.1, 0.15) is 75.3 Å². The normalized spacial score (nSPS) is 28.5. The van der Waals surface area contributed by atoms with Gasteiger partial charge in [0, 0.05) is 5.39 Å². The van der Waals surface area contributed by atoms with Gasteiger partial charge < -0.3 is 0 Å². The maximum atomic E-state index is 14.3. The molecule has 0 N–H and O–H groups in total. The highest BCUT2D eigenvalue weighted by Crippen LogP contribution is 2.48. The first kappa shape index (κ1) is 17.5. The molecule has 4 rings (SSSR count). The lowest BCUT2D eigenvalue weighted by Gasteiger charge is -2.42. The number of hydrogen-bond donors (Lipinski definition) is 0. The van der Waals surface area contributed by atoms with E-state index in [4.69, 9.17) is 5.26 Å². The summed E-state index contributed by atoms with van der Waals surface area (Å²) in [6.45, 7) is 2.31. The van der Waals surface area contributed by atoms with Gasteiger partial charge in [-0.2, -0.15) is 5.26 Å². The first-order chi connectivity index (χ1) is 12.7. The van der Waals surface area contributed by atoms with Crippen LogP contribution in [0.25, 0.3) is 10.8 Å². The van der Waals surface area contributed by atoms with E-state index in [0.29, 0.717) is 11.3 Å². The van der Waals surface area contributed by atoms with E-state index in [1.807, 2.05) is 18.2 Å². The molecule has 1 nitrogen and oxygen atoms in total. The van der Waals surface area contributed by atoms with Gasteiger partial charge in [-0.05, 0) is 72.8 Å². The lowest BCUT2D eigenvalue weighted by Crippen LogP contribution is -2.30. The van der Waals surface area contributed by atoms with Crippen molar-refractivity contribution in [3.05, 3.63) is 47.3 Å². The van der Waals surface area contributed by atoms with E-state index in [1.54, 1.807) is 6.07 Å². The number of nitriles is 1. The van der Waals surface area contributed by atoms with E-state index in [2.05, 4.69) is 19.1 Å². The highest BCUT2D eigenvalue weighted by atomic mass is 19.1. The third-order valence-corrected chi connectivity index (χ3v) is 6.99. The highest BCUT2D eigenvalue weighted by molar-refractivity contribution is 5.85. The molecule has 2 aliphatic carbocycles. The number of fused-ring (bicyclic) bond motifs is 2. The molecule has 0 spiro atoms. The molecule has 0 aliphatic heterocycles. The Labute approximate surface area is 156 Å². The predicted molar refractivity (Wildman–Crippen MR) is 104 cm³/mol. The molecule has 4 unspecified atom stereocenters. The Hall–Kier alpha value is -1.88. The van der Waals surface area contributed by atoms with Crippen LogP contribution in [0.2, 0.25) is 0 Å². The number of rotatable bonds is 3. The van der Waals surface area contributed by atoms with Gasteiger partial charge in [0.05, 0.1) is 5.56 Å². The lowest BCUT2D eigenvalue weighted by atomic mass is 9.63. The molecule has 2 aromatic rings. The van der Waals surface area contributed by atoms with Gasteiger partial charge in [0.1, 0.15) is 11.9 Å². The first-order valence-corrected chi connectivity index (χ1v) is 10.3. The van der Waals surface area contributed by atoms with Gasteiger partial charge in [-0.15, -0.1) is 0 Å². The van der Waals surface area contributed by atoms with Crippen LogP contribution in [-0.2, 0) is 0 Å². The minimum atomic E-state index is -0.380. The second-order valence-electron chi connectivity index (χ2n) is 8.52. The van der Waals surface area contributed by atoms with Gasteiger partial charge in [0.15, 0.2) is 0 Å². The molecule has 2 fully saturated rings. The zero-order chi connectivity index (χ0) is 18.1. The van der Waals surface area contributed by atoms with Crippen molar-refractivity contribution in [3.63, 3.8) is 0 Å². The summed E-state index contributed by atoms with van der Waals surface area (Å²) < 4.78 is 14.3. The second-order valence-corrected chi connectivity index (χ2v) is 8.52. The van der Waals surface area contributed by atoms with Crippen LogP contribution in [0, 0.1) is 34.9 Å². The van der Waals surface area contributed by atoms with Gasteiger partial charge in [-0.1, -0.05) is 50.5 Å². The molecule has 26 heavy (non-hydrogen) atoms. The van der Waals surface area contributed by atoms with Crippen molar-refractivity contribution in [2.75, 3.05) is 0 Å². The number of halogens is 1. The fourth-order valence-electron chi connectivity index (χ4n) is 5.61. The van der Waals surface area contributed by atoms with E-state index in [1.165, 1.54) is 56.9 Å². The molecule has 4 atom stereocenters. The number of benzene rings is 2. The monoisotopic (exact) mass is 349 g/mol. The fraction of sp³-hybridized carbons (Fsp3) is 0.542. The van der Waals surface area contributed by atoms with Gasteiger partial charge in [-0.3, -0.25) is 0 Å². The highest BCUT2D eigenvalue weighted by Gasteiger charge is 2.35. The smallest absolute Gasteiger partial charge is 0.148 e. The zero-order valence-electron chi connectivity index (χ0n) is 15.7. The molecule has 0 radical (unpaired) electrons. The maximum Gasteiger partial charge on any atom is 0.148 e. The summed E-state index contributed by atoms with van der Waals surface area (Å²) in [7, 11) is 0. The Kier molecular flexibility index (Phi) is 4.98. The lowest BCUT2D eigenvalue weighted by molar-refractivity contribution is 0.114. The Bertz CT molecular complexity index is 834. The summed E-state index contributed by atoms with van der Waals surface area (Å²) in [5.41, 5.74) is 1.49. The summed E-state index contributed by atoms with van der Waals surface area (Å²) in [5, 5.41) is 10.5. The summed E-state index contributed by atoms with van der Waals surface area (Å²) >= 11 is 0. The molecule has 0 amide bonds. The SMILES string of the molecule is CCCC1CCC2CC(c3ccc4c(F)c(C#N)ccc4c3)CCC2C1. The van der Waals surface area contributed by atoms with Crippen molar-refractivity contribution >= 4 is 10.8 Å². The zero-order valence-corrected chi connectivity index (χ0v) is 15.7. The Morgan fingerprint density at radius 2 is 1.85 bits per heavy atom. The van der Waals surface area contributed by atoms with Crippen molar-refractivity contribution in [3.8, 4) is 6.07 Å². The average Bonchev–Trinajstić information content (AvgIpc) is 2.68. The fourth-order valence-corrected chi connectivity index (χ4v) is 5.61. The molecular weight excluding hydrogens is 321 g/mol. The van der Waals surface area contributed by atoms with Crippen LogP contribution in [0.4, 0.5) is 4.39 Å². The van der Waals surface area contributed by atoms with Crippen LogP contribution < -0.4 is 0 Å². The third-order valence-electron chi connectivity index (χ3n) is 6.99. The van der Waals surface area contributed by atoms with Crippen LogP contribution >= 0.6 is 0 Å². The van der Waals surface area contributed by atoms with Crippen molar-refractivity contribution in [2.24, 2.45) is 17.8 Å². The van der Waals surface area contributed by atoms with E-state index in [-0.39, 0.29) is 11.4 Å². The summed E-state index contributed by atoms with van der Waals surface area (Å²) in [6, 6.07) is 11.6. The van der Waals surface area contributed by atoms with Gasteiger partial charge in [0.25, 0.3) is 0 Å². The molecule has 0 bridgehead atoms. The van der Waals surface area contributed by atoms with Gasteiger partial charge >= 0.3 is 0 Å². The van der Waals surface area contributed by atoms with Crippen molar-refractivity contribution < 1.29 is 4.39 Å². The topological polar surface area (TPSA) is 23.8 Å². The largest absolute Gasteiger partial charge is 0.205 e. The van der Waals surface area contributed by atoms with E-state index >= 15 is 0 Å². The van der Waals surface area contributed by atoms with E-state index in [9.17, 15) is 4.39 Å². The summed E-state index contributed by atoms with van der Waals surface area (Å²) in [4.78, 5) is 0. The van der Waals surface area contributed by atoms with Gasteiger partial charge in [0.2, 0.25) is 0 Å². The van der Waals surface area contributed by atoms with Crippen molar-refractivity contribution in [1.82, 2.24) is 0 Å². The molecule has 136 valence electrons. The molecule has 0 saturated heterocycles. The molecular formula is C24H28FN. The third kappa shape index (κ3) is 3.25. The molecule has 0 heterocycles. The maximum absolute atomic E-state index is 14.3. The molecule has 2 aromatic carbocycles. The van der Waals surface area contributed by atoms with Crippen LogP contribution in [0.5, 0.6) is 0 Å². The van der Waals surface area contributed by atoms with Crippen LogP contribution in [-0.4, -0.2) is 0 Å². The predicted octanol–water partition coefficient (Wildman–Crippen LogP) is 6.95. The van der Waals surface area contributed by atoms with Crippen molar-refractivity contribution in [2.45, 2.75) is 64.2 Å². The minimum absolute atomic E-state index is 0.134. The van der Waals surface area contributed by atoms with Gasteiger partial charge in [-0.25, -0.2) is 4.39 Å². The molecule has 2 saturated carbocycles. The Morgan fingerprint density at radius 1 is 1.04 bits per heavy atom. The average molecular weight is 349 g/mol. The Morgan fingerprint density at radius 3 is 2.65 bits per heavy atom. The second kappa shape index (κ2) is 7.39. The van der Waals surface area contributed by atoms with Crippen molar-refractivity contribution in [1.29, 1.82) is 5.26 Å². The Balaban J connectivity index is 1.52. The van der Waals surface area contributed by atoms with E-state index < -0.39 is 0 Å². The molecule has 0 aromatic heterocycles. The summed E-state index contributed by atoms with van der Waals surface area (Å²) in [5.74, 6) is 3.02. The number of nitrogens with zero attached hydrogens (tertiary/aromatic N) is 1. The first-order valence-electron chi connectivity index (χ1n) is 10.3. The van der Waals surface area contributed by atoms with E-state index in [0.717, 1.165) is 23.1 Å². The van der Waals surface area contributed by atoms with Crippen LogP contribution in [0.15, 0.2) is 30.3 Å². The quantitative estimate of drug-likeness (QED) is 0.588. The minimum Gasteiger partial charge on any atom is -0.205 e. The molecule has 2 aliphatic rings. The number of hydrogen-bond acceptors (Lipinski definition) is 1.